The van der Waals surface area contributed by atoms with E-state index in [9.17, 15) is 0 Å². The van der Waals surface area contributed by atoms with Gasteiger partial charge in [0.15, 0.2) is 0 Å². The summed E-state index contributed by atoms with van der Waals surface area (Å²) in [5.74, 6) is 0.247. The Kier molecular flexibility index (Phi) is 3.51. The Morgan fingerprint density at radius 3 is 2.77 bits per heavy atom. The molecule has 1 aliphatic carbocycles. The van der Waals surface area contributed by atoms with E-state index in [1.54, 1.807) is 7.11 Å². The summed E-state index contributed by atoms with van der Waals surface area (Å²) in [7, 11) is 1.70. The fraction of sp³-hybridized carbons (Fsp3) is 0.600. The van der Waals surface area contributed by atoms with Gasteiger partial charge in [-0.25, -0.2) is 0 Å². The normalized spacial score (nSPS) is 28.2. The highest BCUT2D eigenvalue weighted by Crippen LogP contribution is 2.22. The second-order valence-electron chi connectivity index (χ2n) is 3.47. The number of ether oxygens (including phenoxy) is 1. The molecule has 3 nitrogen and oxygen atoms in total. The van der Waals surface area contributed by atoms with E-state index in [1.807, 2.05) is 12.2 Å². The summed E-state index contributed by atoms with van der Waals surface area (Å²) < 4.78 is 5.01. The van der Waals surface area contributed by atoms with Gasteiger partial charge in [0.25, 0.3) is 0 Å². The quantitative estimate of drug-likeness (QED) is 0.677. The molecule has 3 heteroatoms. The summed E-state index contributed by atoms with van der Waals surface area (Å²) in [5.41, 5.74) is 13.9. The van der Waals surface area contributed by atoms with Crippen LogP contribution in [0.15, 0.2) is 23.4 Å². The molecule has 4 N–H and O–H groups in total. The lowest BCUT2D eigenvalue weighted by molar-refractivity contribution is 0.200. The molecule has 0 aromatic carbocycles. The van der Waals surface area contributed by atoms with Gasteiger partial charge in [-0.2, -0.15) is 0 Å². The number of hydrogen-bond donors (Lipinski definition) is 2. The third-order valence-electron chi connectivity index (χ3n) is 2.58. The molecule has 0 saturated carbocycles. The van der Waals surface area contributed by atoms with Crippen molar-refractivity contribution in [2.75, 3.05) is 13.7 Å². The van der Waals surface area contributed by atoms with Crippen LogP contribution in [0.4, 0.5) is 0 Å². The molecule has 0 fully saturated rings. The fourth-order valence-electron chi connectivity index (χ4n) is 1.46. The van der Waals surface area contributed by atoms with Crippen molar-refractivity contribution in [1.82, 2.24) is 0 Å². The molecule has 2 atom stereocenters. The minimum atomic E-state index is 0.0557. The van der Waals surface area contributed by atoms with Crippen LogP contribution in [-0.2, 0) is 4.74 Å². The van der Waals surface area contributed by atoms with Crippen LogP contribution in [0.5, 0.6) is 0 Å². The Morgan fingerprint density at radius 2 is 2.15 bits per heavy atom. The molecule has 13 heavy (non-hydrogen) atoms. The molecule has 0 spiro atoms. The lowest BCUT2D eigenvalue weighted by Crippen LogP contribution is -2.35. The zero-order valence-corrected chi connectivity index (χ0v) is 8.29. The van der Waals surface area contributed by atoms with E-state index < -0.39 is 0 Å². The Labute approximate surface area is 79.4 Å². The van der Waals surface area contributed by atoms with Crippen molar-refractivity contribution >= 4 is 0 Å². The highest BCUT2D eigenvalue weighted by molar-refractivity contribution is 5.29. The van der Waals surface area contributed by atoms with Crippen LogP contribution in [-0.4, -0.2) is 19.8 Å². The maximum absolute atomic E-state index is 6.01. The standard InChI is InChI=1S/C10H18N2O/c1-7-9(11)4-3-8(10(7)12)5-6-13-2/h3-4,7,10H,5-6,11-12H2,1-2H3. The zero-order valence-electron chi connectivity index (χ0n) is 8.29. The van der Waals surface area contributed by atoms with Crippen LogP contribution in [0.1, 0.15) is 13.3 Å². The molecule has 0 radical (unpaired) electrons. The number of hydrogen-bond acceptors (Lipinski definition) is 3. The minimum absolute atomic E-state index is 0.0557. The SMILES string of the molecule is COCCC1=CC=C(N)C(C)C1N. The summed E-state index contributed by atoms with van der Waals surface area (Å²) >= 11 is 0. The van der Waals surface area contributed by atoms with E-state index in [-0.39, 0.29) is 12.0 Å². The predicted molar refractivity (Wildman–Crippen MR) is 54.0 cm³/mol. The molecule has 74 valence electrons. The number of nitrogens with two attached hydrogens (primary N) is 2. The van der Waals surface area contributed by atoms with Gasteiger partial charge in [-0.3, -0.25) is 0 Å². The van der Waals surface area contributed by atoms with Crippen molar-refractivity contribution in [2.45, 2.75) is 19.4 Å². The average Bonchev–Trinajstić information content (AvgIpc) is 2.13. The van der Waals surface area contributed by atoms with Gasteiger partial charge in [0.2, 0.25) is 0 Å². The highest BCUT2D eigenvalue weighted by atomic mass is 16.5. The molecule has 1 aliphatic rings. The second-order valence-corrected chi connectivity index (χ2v) is 3.47. The summed E-state index contributed by atoms with van der Waals surface area (Å²) in [5, 5.41) is 0. The summed E-state index contributed by atoms with van der Waals surface area (Å²) in [6.07, 6.45) is 4.85. The Hall–Kier alpha value is -0.800. The molecule has 0 heterocycles. The van der Waals surface area contributed by atoms with Crippen LogP contribution in [0.2, 0.25) is 0 Å². The van der Waals surface area contributed by atoms with Crippen LogP contribution >= 0.6 is 0 Å². The van der Waals surface area contributed by atoms with Crippen molar-refractivity contribution in [2.24, 2.45) is 17.4 Å². The Balaban J connectivity index is 2.63. The first-order valence-electron chi connectivity index (χ1n) is 4.57. The Morgan fingerprint density at radius 1 is 1.46 bits per heavy atom. The predicted octanol–water partition coefficient (Wildman–Crippen LogP) is 0.769. The summed E-state index contributed by atoms with van der Waals surface area (Å²) in [4.78, 5) is 0. The molecule has 2 unspecified atom stereocenters. The lowest BCUT2D eigenvalue weighted by Gasteiger charge is -2.26. The maximum Gasteiger partial charge on any atom is 0.0500 e. The molecular formula is C10H18N2O. The maximum atomic E-state index is 6.01. The molecule has 0 saturated heterocycles. The van der Waals surface area contributed by atoms with E-state index >= 15 is 0 Å². The van der Waals surface area contributed by atoms with E-state index in [1.165, 1.54) is 5.57 Å². The molecular weight excluding hydrogens is 164 g/mol. The van der Waals surface area contributed by atoms with Crippen LogP contribution < -0.4 is 11.5 Å². The number of allylic oxidation sites excluding steroid dienone is 2. The molecule has 0 amide bonds. The van der Waals surface area contributed by atoms with Gasteiger partial charge >= 0.3 is 0 Å². The molecule has 1 rings (SSSR count). The van der Waals surface area contributed by atoms with Gasteiger partial charge in [0.05, 0.1) is 0 Å². The van der Waals surface area contributed by atoms with Crippen molar-refractivity contribution in [3.8, 4) is 0 Å². The topological polar surface area (TPSA) is 61.3 Å². The number of methoxy groups -OCH3 is 1. The average molecular weight is 182 g/mol. The van der Waals surface area contributed by atoms with Crippen molar-refractivity contribution in [3.05, 3.63) is 23.4 Å². The van der Waals surface area contributed by atoms with Crippen LogP contribution in [0, 0.1) is 5.92 Å². The van der Waals surface area contributed by atoms with E-state index in [0.717, 1.165) is 18.7 Å². The lowest BCUT2D eigenvalue weighted by atomic mass is 9.87. The third-order valence-corrected chi connectivity index (χ3v) is 2.58. The molecule has 0 aromatic heterocycles. The second kappa shape index (κ2) is 4.44. The molecule has 0 aromatic rings. The van der Waals surface area contributed by atoms with E-state index in [4.69, 9.17) is 16.2 Å². The molecule has 0 bridgehead atoms. The largest absolute Gasteiger partial charge is 0.402 e. The van der Waals surface area contributed by atoms with Crippen molar-refractivity contribution < 1.29 is 4.74 Å². The monoisotopic (exact) mass is 182 g/mol. The first kappa shape index (κ1) is 10.3. The summed E-state index contributed by atoms with van der Waals surface area (Å²) in [6, 6.07) is 0.0557. The first-order valence-corrected chi connectivity index (χ1v) is 4.57. The minimum Gasteiger partial charge on any atom is -0.402 e. The Bertz CT molecular complexity index is 233. The smallest absolute Gasteiger partial charge is 0.0500 e. The van der Waals surface area contributed by atoms with Gasteiger partial charge < -0.3 is 16.2 Å². The van der Waals surface area contributed by atoms with E-state index in [2.05, 4.69) is 6.92 Å². The van der Waals surface area contributed by atoms with Crippen molar-refractivity contribution in [3.63, 3.8) is 0 Å². The molecule has 0 aliphatic heterocycles. The van der Waals surface area contributed by atoms with Gasteiger partial charge in [-0.15, -0.1) is 0 Å². The fourth-order valence-corrected chi connectivity index (χ4v) is 1.46. The van der Waals surface area contributed by atoms with Gasteiger partial charge in [-0.1, -0.05) is 18.6 Å². The third kappa shape index (κ3) is 2.32. The van der Waals surface area contributed by atoms with Gasteiger partial charge in [-0.05, 0) is 12.5 Å². The summed E-state index contributed by atoms with van der Waals surface area (Å²) in [6.45, 7) is 2.77. The van der Waals surface area contributed by atoms with Gasteiger partial charge in [0.1, 0.15) is 0 Å². The number of rotatable bonds is 3. The highest BCUT2D eigenvalue weighted by Gasteiger charge is 2.21. The van der Waals surface area contributed by atoms with Crippen LogP contribution in [0.25, 0.3) is 0 Å². The van der Waals surface area contributed by atoms with Crippen LogP contribution in [0.3, 0.4) is 0 Å². The first-order chi connectivity index (χ1) is 6.16. The van der Waals surface area contributed by atoms with Gasteiger partial charge in [0, 0.05) is 31.4 Å². The zero-order chi connectivity index (χ0) is 9.84. The van der Waals surface area contributed by atoms with E-state index in [0.29, 0.717) is 0 Å². The van der Waals surface area contributed by atoms with Crippen molar-refractivity contribution in [1.29, 1.82) is 0 Å².